The Morgan fingerprint density at radius 3 is 2.04 bits per heavy atom. The highest BCUT2D eigenvalue weighted by Gasteiger charge is 2.51. The highest BCUT2D eigenvalue weighted by atomic mass is 35.5. The maximum atomic E-state index is 12.3. The molecule has 1 amide bonds. The van der Waals surface area contributed by atoms with Gasteiger partial charge in [0, 0.05) is 17.1 Å². The third kappa shape index (κ3) is 3.59. The van der Waals surface area contributed by atoms with Gasteiger partial charge in [0.25, 0.3) is 0 Å². The van der Waals surface area contributed by atoms with Gasteiger partial charge in [0.05, 0.1) is 0 Å². The number of halogens is 1. The van der Waals surface area contributed by atoms with Gasteiger partial charge in [-0.25, -0.2) is 0 Å². The lowest BCUT2D eigenvalue weighted by Crippen LogP contribution is -2.48. The Hall–Kier alpha value is -1.80. The van der Waals surface area contributed by atoms with E-state index < -0.39 is 0 Å². The molecule has 2 nitrogen and oxygen atoms in total. The molecule has 146 valence electrons. The monoisotopic (exact) mass is 393 g/mol. The molecule has 0 spiro atoms. The molecular formula is C25H28ClNO. The number of nitrogens with one attached hydrogen (secondary N) is 1. The predicted molar refractivity (Wildman–Crippen MR) is 115 cm³/mol. The van der Waals surface area contributed by atoms with Crippen molar-refractivity contribution in [1.29, 1.82) is 0 Å². The third-order valence-corrected chi connectivity index (χ3v) is 7.63. The first-order chi connectivity index (χ1) is 13.6. The maximum absolute atomic E-state index is 12.3. The smallest absolute Gasteiger partial charge is 0.224 e. The van der Waals surface area contributed by atoms with Crippen molar-refractivity contribution in [2.45, 2.75) is 56.8 Å². The Morgan fingerprint density at radius 1 is 0.893 bits per heavy atom. The first-order valence-corrected chi connectivity index (χ1v) is 11.1. The van der Waals surface area contributed by atoms with Crippen LogP contribution in [-0.2, 0) is 16.6 Å². The Morgan fingerprint density at radius 2 is 1.46 bits per heavy atom. The summed E-state index contributed by atoms with van der Waals surface area (Å²) < 4.78 is 0. The van der Waals surface area contributed by atoms with Crippen molar-refractivity contribution in [3.63, 3.8) is 0 Å². The Labute approximate surface area is 172 Å². The molecule has 4 bridgehead atoms. The summed E-state index contributed by atoms with van der Waals surface area (Å²) in [5.74, 6) is 2.94. The van der Waals surface area contributed by atoms with E-state index in [2.05, 4.69) is 29.6 Å². The van der Waals surface area contributed by atoms with Crippen molar-refractivity contribution >= 4 is 23.2 Å². The molecule has 0 unspecified atom stereocenters. The van der Waals surface area contributed by atoms with Gasteiger partial charge in [-0.15, -0.1) is 0 Å². The second-order valence-corrected chi connectivity index (χ2v) is 9.89. The van der Waals surface area contributed by atoms with Crippen LogP contribution in [0.4, 0.5) is 5.69 Å². The summed E-state index contributed by atoms with van der Waals surface area (Å²) in [7, 11) is 0. The van der Waals surface area contributed by atoms with Gasteiger partial charge in [0.15, 0.2) is 0 Å². The molecule has 4 aliphatic carbocycles. The van der Waals surface area contributed by atoms with Gasteiger partial charge in [-0.1, -0.05) is 35.9 Å². The van der Waals surface area contributed by atoms with Crippen LogP contribution in [0.1, 0.15) is 56.1 Å². The SMILES string of the molecule is O=C(CCc1ccc(Cl)cc1)Nc1ccc(C23CC4CC(CC(C4)C2)C3)cc1. The molecule has 0 radical (unpaired) electrons. The first-order valence-electron chi connectivity index (χ1n) is 10.7. The maximum Gasteiger partial charge on any atom is 0.224 e. The summed E-state index contributed by atoms with van der Waals surface area (Å²) in [5, 5.41) is 3.79. The van der Waals surface area contributed by atoms with Crippen LogP contribution < -0.4 is 5.32 Å². The van der Waals surface area contributed by atoms with E-state index in [0.717, 1.165) is 40.4 Å². The number of rotatable bonds is 5. The molecule has 3 heteroatoms. The molecule has 0 saturated heterocycles. The largest absolute Gasteiger partial charge is 0.326 e. The van der Waals surface area contributed by atoms with Crippen LogP contribution >= 0.6 is 11.6 Å². The van der Waals surface area contributed by atoms with Crippen LogP contribution in [0.5, 0.6) is 0 Å². The number of carbonyl (C=O) groups is 1. The summed E-state index contributed by atoms with van der Waals surface area (Å²) >= 11 is 5.91. The zero-order valence-electron chi connectivity index (χ0n) is 16.3. The van der Waals surface area contributed by atoms with Crippen LogP contribution in [0, 0.1) is 17.8 Å². The fourth-order valence-electron chi connectivity index (χ4n) is 6.50. The number of aryl methyl sites for hydroxylation is 1. The molecule has 1 N–H and O–H groups in total. The summed E-state index contributed by atoms with van der Waals surface area (Å²) in [6.45, 7) is 0. The fourth-order valence-corrected chi connectivity index (χ4v) is 6.63. The van der Waals surface area contributed by atoms with E-state index in [-0.39, 0.29) is 5.91 Å². The molecule has 28 heavy (non-hydrogen) atoms. The normalized spacial score (nSPS) is 30.4. The molecule has 0 heterocycles. The van der Waals surface area contributed by atoms with Gasteiger partial charge in [0.2, 0.25) is 5.91 Å². The highest BCUT2D eigenvalue weighted by molar-refractivity contribution is 6.30. The number of benzene rings is 2. The topological polar surface area (TPSA) is 29.1 Å². The number of carbonyl (C=O) groups excluding carboxylic acids is 1. The van der Waals surface area contributed by atoms with Gasteiger partial charge in [-0.3, -0.25) is 4.79 Å². The molecular weight excluding hydrogens is 366 g/mol. The fraction of sp³-hybridized carbons (Fsp3) is 0.480. The second kappa shape index (κ2) is 7.22. The minimum Gasteiger partial charge on any atom is -0.326 e. The van der Waals surface area contributed by atoms with E-state index in [1.54, 1.807) is 0 Å². The van der Waals surface area contributed by atoms with Crippen molar-refractivity contribution in [1.82, 2.24) is 0 Å². The van der Waals surface area contributed by atoms with Crippen molar-refractivity contribution in [2.75, 3.05) is 5.32 Å². The molecule has 0 aliphatic heterocycles. The summed E-state index contributed by atoms with van der Waals surface area (Å²) in [4.78, 5) is 12.3. The Bertz CT molecular complexity index is 820. The van der Waals surface area contributed by atoms with Crippen molar-refractivity contribution in [2.24, 2.45) is 17.8 Å². The summed E-state index contributed by atoms with van der Waals surface area (Å²) in [6, 6.07) is 16.5. The lowest BCUT2D eigenvalue weighted by molar-refractivity contribution is -0.116. The van der Waals surface area contributed by atoms with Gasteiger partial charge < -0.3 is 5.32 Å². The molecule has 0 atom stereocenters. The third-order valence-electron chi connectivity index (χ3n) is 7.37. The van der Waals surface area contributed by atoms with Crippen LogP contribution in [0.25, 0.3) is 0 Å². The highest BCUT2D eigenvalue weighted by Crippen LogP contribution is 2.60. The molecule has 2 aromatic rings. The second-order valence-electron chi connectivity index (χ2n) is 9.45. The van der Waals surface area contributed by atoms with Gasteiger partial charge in [-0.05, 0) is 104 Å². The zero-order valence-corrected chi connectivity index (χ0v) is 17.0. The van der Waals surface area contributed by atoms with E-state index in [0.29, 0.717) is 11.8 Å². The van der Waals surface area contributed by atoms with Crippen molar-refractivity contribution in [3.8, 4) is 0 Å². The molecule has 2 aromatic carbocycles. The molecule has 4 saturated carbocycles. The first kappa shape index (κ1) is 18.2. The van der Waals surface area contributed by atoms with Crippen LogP contribution in [0.3, 0.4) is 0 Å². The van der Waals surface area contributed by atoms with E-state index in [1.165, 1.54) is 44.1 Å². The van der Waals surface area contributed by atoms with E-state index in [4.69, 9.17) is 11.6 Å². The number of amides is 1. The van der Waals surface area contributed by atoms with E-state index >= 15 is 0 Å². The Kier molecular flexibility index (Phi) is 4.71. The average Bonchev–Trinajstić information content (AvgIpc) is 2.67. The van der Waals surface area contributed by atoms with E-state index in [9.17, 15) is 4.79 Å². The molecule has 0 aromatic heterocycles. The van der Waals surface area contributed by atoms with Crippen LogP contribution in [-0.4, -0.2) is 5.91 Å². The molecule has 4 fully saturated rings. The number of anilines is 1. The number of hydrogen-bond acceptors (Lipinski definition) is 1. The standard InChI is InChI=1S/C25H28ClNO/c26-22-6-1-17(2-7-22)3-10-24(28)27-23-8-4-21(5-9-23)25-14-18-11-19(15-25)13-20(12-18)16-25/h1-2,4-9,18-20H,3,10-16H2,(H,27,28). The predicted octanol–water partition coefficient (Wildman–Crippen LogP) is 6.38. The molecule has 6 rings (SSSR count). The summed E-state index contributed by atoms with van der Waals surface area (Å²) in [5.41, 5.74) is 3.98. The zero-order chi connectivity index (χ0) is 19.1. The number of hydrogen-bond donors (Lipinski definition) is 1. The lowest BCUT2D eigenvalue weighted by atomic mass is 9.48. The Balaban J connectivity index is 1.21. The van der Waals surface area contributed by atoms with Gasteiger partial charge >= 0.3 is 0 Å². The van der Waals surface area contributed by atoms with Gasteiger partial charge in [-0.2, -0.15) is 0 Å². The van der Waals surface area contributed by atoms with Crippen molar-refractivity contribution < 1.29 is 4.79 Å². The van der Waals surface area contributed by atoms with E-state index in [1.807, 2.05) is 24.3 Å². The quantitative estimate of drug-likeness (QED) is 0.627. The molecule has 4 aliphatic rings. The minimum atomic E-state index is 0.0671. The lowest BCUT2D eigenvalue weighted by Gasteiger charge is -2.57. The average molecular weight is 394 g/mol. The van der Waals surface area contributed by atoms with Gasteiger partial charge in [0.1, 0.15) is 0 Å². The van der Waals surface area contributed by atoms with Crippen LogP contribution in [0.2, 0.25) is 5.02 Å². The summed E-state index contributed by atoms with van der Waals surface area (Å²) in [6.07, 6.45) is 9.78. The minimum absolute atomic E-state index is 0.0671. The van der Waals surface area contributed by atoms with Crippen molar-refractivity contribution in [3.05, 3.63) is 64.7 Å². The van der Waals surface area contributed by atoms with Crippen LogP contribution in [0.15, 0.2) is 48.5 Å².